The van der Waals surface area contributed by atoms with Gasteiger partial charge in [0.05, 0.1) is 6.54 Å². The lowest BCUT2D eigenvalue weighted by Crippen LogP contribution is -2.37. The quantitative estimate of drug-likeness (QED) is 0.400. The van der Waals surface area contributed by atoms with E-state index in [4.69, 9.17) is 11.6 Å². The lowest BCUT2D eigenvalue weighted by Gasteiger charge is -2.11. The molecule has 0 unspecified atom stereocenters. The van der Waals surface area contributed by atoms with Gasteiger partial charge in [0, 0.05) is 35.6 Å². The first kappa shape index (κ1) is 18.3. The molecule has 0 aliphatic rings. The molecule has 1 amide bonds. The van der Waals surface area contributed by atoms with Gasteiger partial charge in [-0.25, -0.2) is 0 Å². The average Bonchev–Trinajstić information content (AvgIpc) is 3.10. The number of amides is 1. The second kappa shape index (κ2) is 9.95. The van der Waals surface area contributed by atoms with Crippen LogP contribution in [0.3, 0.4) is 0 Å². The van der Waals surface area contributed by atoms with Crippen LogP contribution in [-0.2, 0) is 11.3 Å². The molecule has 0 atom stereocenters. The Bertz CT molecular complexity index is 656. The summed E-state index contributed by atoms with van der Waals surface area (Å²) < 4.78 is 0. The molecule has 0 spiro atoms. The normalized spacial score (nSPS) is 11.2. The largest absolute Gasteiger partial charge is 0.356 e. The zero-order valence-corrected chi connectivity index (χ0v) is 15.1. The van der Waals surface area contributed by atoms with E-state index in [0.29, 0.717) is 18.0 Å². The fourth-order valence-electron chi connectivity index (χ4n) is 2.02. The van der Waals surface area contributed by atoms with Crippen molar-refractivity contribution in [1.82, 2.24) is 10.6 Å². The van der Waals surface area contributed by atoms with E-state index >= 15 is 0 Å². The van der Waals surface area contributed by atoms with Crippen molar-refractivity contribution < 1.29 is 4.79 Å². The number of aliphatic imine (C=N–C) groups is 1. The van der Waals surface area contributed by atoms with Crippen LogP contribution in [0, 0.1) is 0 Å². The van der Waals surface area contributed by atoms with Gasteiger partial charge in [0.2, 0.25) is 5.91 Å². The van der Waals surface area contributed by atoms with Gasteiger partial charge in [-0.3, -0.25) is 9.79 Å². The van der Waals surface area contributed by atoms with E-state index in [0.717, 1.165) is 24.6 Å². The number of guanidine groups is 1. The molecule has 0 radical (unpaired) electrons. The molecule has 2 rings (SSSR count). The van der Waals surface area contributed by atoms with Crippen molar-refractivity contribution in [3.63, 3.8) is 0 Å². The summed E-state index contributed by atoms with van der Waals surface area (Å²) in [7, 11) is 1.73. The molecule has 0 saturated heterocycles. The maximum Gasteiger partial charge on any atom is 0.224 e. The minimum Gasteiger partial charge on any atom is -0.356 e. The van der Waals surface area contributed by atoms with Crippen molar-refractivity contribution >= 4 is 40.5 Å². The Labute approximate surface area is 151 Å². The first-order chi connectivity index (χ1) is 11.7. The fraction of sp³-hybridized carbons (Fsp3) is 0.294. The minimum absolute atomic E-state index is 0.0133. The third kappa shape index (κ3) is 6.60. The van der Waals surface area contributed by atoms with Crippen LogP contribution in [0.2, 0.25) is 5.02 Å². The first-order valence-electron chi connectivity index (χ1n) is 7.69. The van der Waals surface area contributed by atoms with Crippen LogP contribution >= 0.6 is 22.9 Å². The highest BCUT2D eigenvalue weighted by Gasteiger charge is 2.03. The van der Waals surface area contributed by atoms with E-state index in [-0.39, 0.29) is 5.91 Å². The van der Waals surface area contributed by atoms with Crippen LogP contribution in [-0.4, -0.2) is 25.5 Å². The third-order valence-corrected chi connectivity index (χ3v) is 4.36. The number of hydrogen-bond acceptors (Lipinski definition) is 3. The van der Waals surface area contributed by atoms with Crippen LogP contribution in [0.1, 0.15) is 17.7 Å². The van der Waals surface area contributed by atoms with Crippen LogP contribution in [0.4, 0.5) is 5.69 Å². The maximum atomic E-state index is 11.9. The maximum absolute atomic E-state index is 11.9. The van der Waals surface area contributed by atoms with E-state index in [2.05, 4.69) is 27.0 Å². The van der Waals surface area contributed by atoms with Gasteiger partial charge in [0.25, 0.3) is 0 Å². The zero-order chi connectivity index (χ0) is 17.2. The van der Waals surface area contributed by atoms with Crippen LogP contribution < -0.4 is 16.0 Å². The van der Waals surface area contributed by atoms with Crippen molar-refractivity contribution in [2.24, 2.45) is 4.99 Å². The molecule has 3 N–H and O–H groups in total. The molecule has 1 aromatic heterocycles. The smallest absolute Gasteiger partial charge is 0.224 e. The number of rotatable bonds is 7. The number of benzene rings is 1. The Morgan fingerprint density at radius 2 is 2.00 bits per heavy atom. The van der Waals surface area contributed by atoms with Gasteiger partial charge >= 0.3 is 0 Å². The number of thiophene rings is 1. The first-order valence-corrected chi connectivity index (χ1v) is 8.95. The molecule has 0 saturated carbocycles. The lowest BCUT2D eigenvalue weighted by molar-refractivity contribution is -0.116. The number of carbonyl (C=O) groups excluding carboxylic acids is 1. The van der Waals surface area contributed by atoms with Gasteiger partial charge in [-0.15, -0.1) is 11.3 Å². The topological polar surface area (TPSA) is 65.5 Å². The Balaban J connectivity index is 1.62. The van der Waals surface area contributed by atoms with Gasteiger partial charge < -0.3 is 16.0 Å². The Morgan fingerprint density at radius 1 is 1.21 bits per heavy atom. The predicted molar refractivity (Wildman–Crippen MR) is 102 cm³/mol. The minimum atomic E-state index is -0.0133. The molecular formula is C17H21ClN4OS. The number of carbonyl (C=O) groups is 1. The molecule has 7 heteroatoms. The monoisotopic (exact) mass is 364 g/mol. The number of halogens is 1. The van der Waals surface area contributed by atoms with E-state index in [9.17, 15) is 4.79 Å². The fourth-order valence-corrected chi connectivity index (χ4v) is 2.79. The number of hydrogen-bond donors (Lipinski definition) is 3. The molecule has 2 aromatic rings. The number of nitrogens with zero attached hydrogens (tertiary/aromatic N) is 1. The van der Waals surface area contributed by atoms with Crippen molar-refractivity contribution in [3.05, 3.63) is 51.7 Å². The average molecular weight is 365 g/mol. The second-order valence-electron chi connectivity index (χ2n) is 5.09. The summed E-state index contributed by atoms with van der Waals surface area (Å²) in [4.78, 5) is 17.3. The molecule has 1 aromatic carbocycles. The summed E-state index contributed by atoms with van der Waals surface area (Å²) in [6.07, 6.45) is 1.16. The number of nitrogens with one attached hydrogen (secondary N) is 3. The van der Waals surface area contributed by atoms with E-state index in [1.807, 2.05) is 11.4 Å². The van der Waals surface area contributed by atoms with Crippen molar-refractivity contribution in [2.75, 3.05) is 18.9 Å². The van der Waals surface area contributed by atoms with Crippen LogP contribution in [0.5, 0.6) is 0 Å². The van der Waals surface area contributed by atoms with Gasteiger partial charge in [-0.2, -0.15) is 0 Å². The SMILES string of the molecule is CN=C(NCCCC(=O)Nc1ccc(Cl)cc1)NCc1cccs1. The Kier molecular flexibility index (Phi) is 7.58. The molecule has 1 heterocycles. The predicted octanol–water partition coefficient (Wildman–Crippen LogP) is 3.49. The summed E-state index contributed by atoms with van der Waals surface area (Å²) >= 11 is 7.52. The third-order valence-electron chi connectivity index (χ3n) is 3.23. The molecule has 0 bridgehead atoms. The molecule has 0 aliphatic carbocycles. The highest BCUT2D eigenvalue weighted by Crippen LogP contribution is 2.13. The Hall–Kier alpha value is -2.05. The highest BCUT2D eigenvalue weighted by molar-refractivity contribution is 7.09. The summed E-state index contributed by atoms with van der Waals surface area (Å²) in [5, 5.41) is 12.0. The summed E-state index contributed by atoms with van der Waals surface area (Å²) in [5.41, 5.74) is 0.755. The van der Waals surface area contributed by atoms with E-state index in [1.165, 1.54) is 4.88 Å². The molecule has 24 heavy (non-hydrogen) atoms. The standard InChI is InChI=1S/C17H21ClN4OS/c1-19-17(21-12-15-4-3-11-24-15)20-10-2-5-16(23)22-14-8-6-13(18)7-9-14/h3-4,6-9,11H,2,5,10,12H2,1H3,(H,22,23)(H2,19,20,21). The molecule has 5 nitrogen and oxygen atoms in total. The molecule has 0 aliphatic heterocycles. The second-order valence-corrected chi connectivity index (χ2v) is 6.56. The van der Waals surface area contributed by atoms with Crippen LogP contribution in [0.15, 0.2) is 46.8 Å². The van der Waals surface area contributed by atoms with Crippen molar-refractivity contribution in [3.8, 4) is 0 Å². The van der Waals surface area contributed by atoms with Gasteiger partial charge in [0.15, 0.2) is 5.96 Å². The molecule has 0 fully saturated rings. The van der Waals surface area contributed by atoms with Crippen LogP contribution in [0.25, 0.3) is 0 Å². The van der Waals surface area contributed by atoms with Crippen molar-refractivity contribution in [2.45, 2.75) is 19.4 Å². The van der Waals surface area contributed by atoms with Crippen molar-refractivity contribution in [1.29, 1.82) is 0 Å². The number of anilines is 1. The van der Waals surface area contributed by atoms with Gasteiger partial charge in [-0.1, -0.05) is 17.7 Å². The lowest BCUT2D eigenvalue weighted by atomic mass is 10.2. The Morgan fingerprint density at radius 3 is 2.67 bits per heavy atom. The summed E-state index contributed by atoms with van der Waals surface area (Å²) in [6.45, 7) is 1.42. The summed E-state index contributed by atoms with van der Waals surface area (Å²) in [5.74, 6) is 0.724. The summed E-state index contributed by atoms with van der Waals surface area (Å²) in [6, 6.07) is 11.2. The zero-order valence-electron chi connectivity index (χ0n) is 13.5. The van der Waals surface area contributed by atoms with E-state index < -0.39 is 0 Å². The molecule has 128 valence electrons. The van der Waals surface area contributed by atoms with Gasteiger partial charge in [0.1, 0.15) is 0 Å². The van der Waals surface area contributed by atoms with E-state index in [1.54, 1.807) is 42.6 Å². The van der Waals surface area contributed by atoms with Gasteiger partial charge in [-0.05, 0) is 42.1 Å². The molecular weight excluding hydrogens is 344 g/mol. The highest BCUT2D eigenvalue weighted by atomic mass is 35.5.